The molecule has 2 aromatic heterocycles. The summed E-state index contributed by atoms with van der Waals surface area (Å²) in [7, 11) is -3.32. The number of sulfonamides is 1. The Morgan fingerprint density at radius 3 is 2.83 bits per heavy atom. The van der Waals surface area contributed by atoms with Crippen LogP contribution in [-0.4, -0.2) is 64.0 Å². The van der Waals surface area contributed by atoms with Gasteiger partial charge in [-0.15, -0.1) is 0 Å². The van der Waals surface area contributed by atoms with Gasteiger partial charge >= 0.3 is 0 Å². The number of aromatic nitrogens is 4. The molecule has 2 aromatic rings. The topological polar surface area (TPSA) is 123 Å². The molecule has 1 N–H and O–H groups in total. The number of hydrogen-bond donors (Lipinski definition) is 1. The maximum Gasteiger partial charge on any atom is 0.274 e. The minimum Gasteiger partial charge on any atom is -0.339 e. The van der Waals surface area contributed by atoms with Crippen LogP contribution in [0, 0.1) is 12.8 Å². The molecule has 1 aliphatic carbocycles. The number of carbonyl (C=O) groups excluding carboxylic acids is 1. The molecule has 29 heavy (non-hydrogen) atoms. The maximum absolute atomic E-state index is 13.0. The van der Waals surface area contributed by atoms with E-state index in [0.717, 1.165) is 0 Å². The fourth-order valence-electron chi connectivity index (χ4n) is 4.60. The smallest absolute Gasteiger partial charge is 0.274 e. The molecule has 1 aliphatic heterocycles. The highest BCUT2D eigenvalue weighted by Gasteiger charge is 2.58. The average Bonchev–Trinajstić information content (AvgIpc) is 3.43. The first-order valence-corrected chi connectivity index (χ1v) is 11.5. The maximum atomic E-state index is 13.0. The Kier molecular flexibility index (Phi) is 4.97. The van der Waals surface area contributed by atoms with Crippen LogP contribution in [0.4, 0.5) is 0 Å². The van der Waals surface area contributed by atoms with Crippen LogP contribution in [0.15, 0.2) is 16.8 Å². The van der Waals surface area contributed by atoms with Crippen LogP contribution in [0.1, 0.15) is 48.9 Å². The molecule has 158 valence electrons. The first-order chi connectivity index (χ1) is 13.8. The van der Waals surface area contributed by atoms with Gasteiger partial charge in [0, 0.05) is 31.9 Å². The zero-order valence-electron chi connectivity index (χ0n) is 16.8. The van der Waals surface area contributed by atoms with Crippen LogP contribution in [0.5, 0.6) is 0 Å². The number of amides is 1. The second-order valence-corrected chi connectivity index (χ2v) is 9.94. The molecule has 2 aliphatic rings. The van der Waals surface area contributed by atoms with E-state index in [9.17, 15) is 13.2 Å². The summed E-state index contributed by atoms with van der Waals surface area (Å²) < 4.78 is 34.2. The lowest BCUT2D eigenvalue weighted by Gasteiger charge is -2.25. The van der Waals surface area contributed by atoms with Crippen molar-refractivity contribution in [2.75, 3.05) is 18.8 Å². The summed E-state index contributed by atoms with van der Waals surface area (Å²) in [4.78, 5) is 19.2. The van der Waals surface area contributed by atoms with Crippen LogP contribution in [0.3, 0.4) is 0 Å². The summed E-state index contributed by atoms with van der Waals surface area (Å²) >= 11 is 0. The SMILES string of the molecule is CCn1ccc(C(=O)N2CC3C[C@@H](NS(=O)(=O)CC)C[C@]3(c3nc(C)no3)C2)n1. The van der Waals surface area contributed by atoms with Gasteiger partial charge < -0.3 is 9.42 Å². The Bertz CT molecular complexity index is 1020. The van der Waals surface area contributed by atoms with Gasteiger partial charge in [0.1, 0.15) is 5.69 Å². The van der Waals surface area contributed by atoms with Crippen LogP contribution < -0.4 is 4.72 Å². The van der Waals surface area contributed by atoms with Crippen LogP contribution in [0.25, 0.3) is 0 Å². The van der Waals surface area contributed by atoms with Gasteiger partial charge in [-0.1, -0.05) is 5.16 Å². The number of fused-ring (bicyclic) bond motifs is 1. The lowest BCUT2D eigenvalue weighted by atomic mass is 9.80. The molecule has 1 saturated heterocycles. The van der Waals surface area contributed by atoms with Crippen molar-refractivity contribution in [3.8, 4) is 0 Å². The van der Waals surface area contributed by atoms with Gasteiger partial charge in [0.15, 0.2) is 5.82 Å². The largest absolute Gasteiger partial charge is 0.339 e. The highest BCUT2D eigenvalue weighted by Crippen LogP contribution is 2.50. The van der Waals surface area contributed by atoms with E-state index < -0.39 is 15.4 Å². The van der Waals surface area contributed by atoms with Gasteiger partial charge in [-0.05, 0) is 45.6 Å². The zero-order chi connectivity index (χ0) is 20.8. The van der Waals surface area contributed by atoms with Gasteiger partial charge in [0.2, 0.25) is 15.9 Å². The van der Waals surface area contributed by atoms with Crippen LogP contribution >= 0.6 is 0 Å². The quantitative estimate of drug-likeness (QED) is 0.727. The number of likely N-dealkylation sites (tertiary alicyclic amines) is 1. The van der Waals surface area contributed by atoms with Crippen molar-refractivity contribution in [3.63, 3.8) is 0 Å². The summed E-state index contributed by atoms with van der Waals surface area (Å²) in [6.45, 7) is 6.93. The third-order valence-electron chi connectivity index (χ3n) is 6.03. The Morgan fingerprint density at radius 2 is 2.21 bits per heavy atom. The van der Waals surface area contributed by atoms with E-state index in [-0.39, 0.29) is 23.6 Å². The van der Waals surface area contributed by atoms with Gasteiger partial charge in [0.05, 0.1) is 11.2 Å². The molecule has 11 heteroatoms. The summed E-state index contributed by atoms with van der Waals surface area (Å²) in [5.74, 6) is 0.938. The molecule has 3 atom stereocenters. The summed E-state index contributed by atoms with van der Waals surface area (Å²) in [6, 6.07) is 1.51. The predicted molar refractivity (Wildman–Crippen MR) is 104 cm³/mol. The molecular weight excluding hydrogens is 396 g/mol. The number of nitrogens with zero attached hydrogens (tertiary/aromatic N) is 5. The molecule has 0 radical (unpaired) electrons. The highest BCUT2D eigenvalue weighted by atomic mass is 32.2. The van der Waals surface area contributed by atoms with Crippen LogP contribution in [-0.2, 0) is 22.0 Å². The van der Waals surface area contributed by atoms with Crippen molar-refractivity contribution in [3.05, 3.63) is 29.7 Å². The first-order valence-electron chi connectivity index (χ1n) is 9.90. The normalized spacial score (nSPS) is 26.8. The molecule has 3 heterocycles. The summed E-state index contributed by atoms with van der Waals surface area (Å²) in [5.41, 5.74) is -0.141. The van der Waals surface area contributed by atoms with E-state index in [4.69, 9.17) is 4.52 Å². The Morgan fingerprint density at radius 1 is 1.41 bits per heavy atom. The lowest BCUT2D eigenvalue weighted by molar-refractivity contribution is 0.0766. The average molecular weight is 423 g/mol. The van der Waals surface area contributed by atoms with E-state index >= 15 is 0 Å². The van der Waals surface area contributed by atoms with Crippen molar-refractivity contribution in [1.82, 2.24) is 29.5 Å². The van der Waals surface area contributed by atoms with Gasteiger partial charge in [-0.2, -0.15) is 10.1 Å². The van der Waals surface area contributed by atoms with Crippen molar-refractivity contribution >= 4 is 15.9 Å². The van der Waals surface area contributed by atoms with Crippen molar-refractivity contribution < 1.29 is 17.7 Å². The molecule has 1 saturated carbocycles. The van der Waals surface area contributed by atoms with E-state index in [2.05, 4.69) is 20.0 Å². The second-order valence-electron chi connectivity index (χ2n) is 7.90. The molecule has 1 amide bonds. The molecule has 2 fully saturated rings. The van der Waals surface area contributed by atoms with Crippen molar-refractivity contribution in [2.45, 2.75) is 51.6 Å². The Labute approximate surface area is 169 Å². The third-order valence-corrected chi connectivity index (χ3v) is 7.48. The van der Waals surface area contributed by atoms with E-state index in [0.29, 0.717) is 49.9 Å². The number of rotatable bonds is 6. The fourth-order valence-corrected chi connectivity index (χ4v) is 5.45. The fraction of sp³-hybridized carbons (Fsp3) is 0.667. The molecule has 1 unspecified atom stereocenters. The second kappa shape index (κ2) is 7.21. The van der Waals surface area contributed by atoms with Gasteiger partial charge in [-0.3, -0.25) is 9.48 Å². The van der Waals surface area contributed by atoms with E-state index in [1.807, 2.05) is 6.92 Å². The monoisotopic (exact) mass is 422 g/mol. The Hall–Kier alpha value is -2.27. The third kappa shape index (κ3) is 3.57. The number of carbonyl (C=O) groups is 1. The minimum atomic E-state index is -3.32. The number of nitrogens with one attached hydrogen (secondary N) is 1. The number of aryl methyl sites for hydroxylation is 2. The summed E-state index contributed by atoms with van der Waals surface area (Å²) in [5, 5.41) is 8.25. The van der Waals surface area contributed by atoms with Crippen molar-refractivity contribution in [2.24, 2.45) is 5.92 Å². The molecular formula is C18H26N6O4S. The molecule has 0 spiro atoms. The van der Waals surface area contributed by atoms with Crippen molar-refractivity contribution in [1.29, 1.82) is 0 Å². The molecule has 10 nitrogen and oxygen atoms in total. The lowest BCUT2D eigenvalue weighted by Crippen LogP contribution is -2.40. The molecule has 0 aromatic carbocycles. The summed E-state index contributed by atoms with van der Waals surface area (Å²) in [6.07, 6.45) is 2.93. The Balaban J connectivity index is 1.60. The van der Waals surface area contributed by atoms with Gasteiger partial charge in [0.25, 0.3) is 5.91 Å². The zero-order valence-corrected chi connectivity index (χ0v) is 17.6. The van der Waals surface area contributed by atoms with E-state index in [1.165, 1.54) is 0 Å². The standard InChI is InChI=1S/C18H26N6O4S/c1-4-24-7-6-15(20-24)16(25)23-10-13-8-14(22-29(26,27)5-2)9-18(13,11-23)17-19-12(3)21-28-17/h6-7,13-14,22H,4-5,8-11H2,1-3H3/t13?,14-,18+/m1/s1. The first kappa shape index (κ1) is 20.0. The van der Waals surface area contributed by atoms with Crippen LogP contribution in [0.2, 0.25) is 0 Å². The number of hydrogen-bond acceptors (Lipinski definition) is 7. The minimum absolute atomic E-state index is 0.0316. The molecule has 0 bridgehead atoms. The molecule has 4 rings (SSSR count). The van der Waals surface area contributed by atoms with E-state index in [1.54, 1.807) is 35.7 Å². The predicted octanol–water partition coefficient (Wildman–Crippen LogP) is 0.706. The highest BCUT2D eigenvalue weighted by molar-refractivity contribution is 7.89. The van der Waals surface area contributed by atoms with Gasteiger partial charge in [-0.25, -0.2) is 13.1 Å².